The number of hydrogen-bond donors (Lipinski definition) is 2. The summed E-state index contributed by atoms with van der Waals surface area (Å²) in [6.45, 7) is 4.19. The lowest BCUT2D eigenvalue weighted by molar-refractivity contribution is -0.140. The fourth-order valence-corrected chi connectivity index (χ4v) is 5.62. The van der Waals surface area contributed by atoms with Crippen molar-refractivity contribution in [2.75, 3.05) is 12.5 Å². The summed E-state index contributed by atoms with van der Waals surface area (Å²) >= 11 is 6.32. The van der Waals surface area contributed by atoms with E-state index in [-0.39, 0.29) is 12.5 Å². The molecule has 1 aromatic heterocycles. The summed E-state index contributed by atoms with van der Waals surface area (Å²) in [6.07, 6.45) is 13.4. The number of aromatic nitrogens is 2. The van der Waals surface area contributed by atoms with Crippen LogP contribution in [0.25, 0.3) is 0 Å². The standard InChI is InChI=1S/C26H37ClN2O3/c1-3-4-13-26(29-15-14-28-19-29,16-25(2,17-27)18-30)22-11-9-21(10-12-22)23(24(31)32)20-7-5-6-8-20/h9-12,14-15,19-20,23,30H,3-8,13,16-18H2,1-2H3,(H,31,32). The normalized spacial score (nSPS) is 19.4. The topological polar surface area (TPSA) is 75.3 Å². The first-order valence-corrected chi connectivity index (χ1v) is 12.4. The second-order valence-electron chi connectivity index (χ2n) is 9.87. The van der Waals surface area contributed by atoms with E-state index in [1.165, 1.54) is 0 Å². The van der Waals surface area contributed by atoms with E-state index in [0.29, 0.717) is 12.3 Å². The molecule has 1 aromatic carbocycles. The van der Waals surface area contributed by atoms with Gasteiger partial charge in [-0.2, -0.15) is 0 Å². The number of alkyl halides is 1. The van der Waals surface area contributed by atoms with Gasteiger partial charge in [0.05, 0.1) is 17.8 Å². The van der Waals surface area contributed by atoms with Crippen molar-refractivity contribution in [2.45, 2.75) is 76.7 Å². The molecule has 0 amide bonds. The lowest BCUT2D eigenvalue weighted by atomic mass is 9.71. The van der Waals surface area contributed by atoms with E-state index >= 15 is 0 Å². The van der Waals surface area contributed by atoms with Gasteiger partial charge in [0.2, 0.25) is 0 Å². The van der Waals surface area contributed by atoms with Crippen LogP contribution in [0.15, 0.2) is 43.0 Å². The third kappa shape index (κ3) is 5.20. The number of aliphatic hydroxyl groups excluding tert-OH is 1. The highest BCUT2D eigenvalue weighted by atomic mass is 35.5. The average molecular weight is 461 g/mol. The molecule has 5 nitrogen and oxygen atoms in total. The number of carbonyl (C=O) groups is 1. The van der Waals surface area contributed by atoms with Crippen LogP contribution in [0.1, 0.15) is 82.3 Å². The van der Waals surface area contributed by atoms with Crippen LogP contribution in [0.3, 0.4) is 0 Å². The van der Waals surface area contributed by atoms with Crippen molar-refractivity contribution < 1.29 is 15.0 Å². The number of hydrogen-bond acceptors (Lipinski definition) is 3. The van der Waals surface area contributed by atoms with Gasteiger partial charge in [-0.15, -0.1) is 11.6 Å². The molecular formula is C26H37ClN2O3. The van der Waals surface area contributed by atoms with Crippen molar-refractivity contribution in [3.8, 4) is 0 Å². The smallest absolute Gasteiger partial charge is 0.311 e. The third-order valence-electron chi connectivity index (χ3n) is 7.31. The molecule has 3 rings (SSSR count). The zero-order valence-corrected chi connectivity index (χ0v) is 20.1. The van der Waals surface area contributed by atoms with E-state index in [4.69, 9.17) is 11.6 Å². The van der Waals surface area contributed by atoms with Gasteiger partial charge in [0.25, 0.3) is 0 Å². The van der Waals surface area contributed by atoms with Gasteiger partial charge in [-0.25, -0.2) is 4.98 Å². The number of carboxylic acids is 1. The molecule has 0 spiro atoms. The van der Waals surface area contributed by atoms with Crippen LogP contribution in [0.4, 0.5) is 0 Å². The molecule has 0 aliphatic heterocycles. The minimum absolute atomic E-state index is 0.0000754. The summed E-state index contributed by atoms with van der Waals surface area (Å²) < 4.78 is 2.14. The third-order valence-corrected chi connectivity index (χ3v) is 7.96. The Balaban J connectivity index is 2.05. The molecule has 1 aliphatic rings. The van der Waals surface area contributed by atoms with Gasteiger partial charge in [-0.05, 0) is 42.7 Å². The molecule has 2 aromatic rings. The maximum absolute atomic E-state index is 12.1. The second-order valence-corrected chi connectivity index (χ2v) is 10.1. The maximum Gasteiger partial charge on any atom is 0.311 e. The predicted octanol–water partition coefficient (Wildman–Crippen LogP) is 5.80. The predicted molar refractivity (Wildman–Crippen MR) is 128 cm³/mol. The maximum atomic E-state index is 12.1. The molecule has 2 N–H and O–H groups in total. The van der Waals surface area contributed by atoms with E-state index in [0.717, 1.165) is 56.1 Å². The molecule has 1 fully saturated rings. The van der Waals surface area contributed by atoms with E-state index in [9.17, 15) is 15.0 Å². The number of carboxylic acid groups (broad SMARTS) is 1. The minimum Gasteiger partial charge on any atom is -0.481 e. The van der Waals surface area contributed by atoms with Gasteiger partial charge in [-0.3, -0.25) is 4.79 Å². The highest BCUT2D eigenvalue weighted by Crippen LogP contribution is 2.44. The second kappa shape index (κ2) is 10.8. The first-order valence-electron chi connectivity index (χ1n) is 11.9. The number of unbranched alkanes of at least 4 members (excludes halogenated alkanes) is 1. The number of aliphatic hydroxyl groups is 1. The molecule has 3 unspecified atom stereocenters. The summed E-state index contributed by atoms with van der Waals surface area (Å²) in [7, 11) is 0. The molecule has 32 heavy (non-hydrogen) atoms. The molecular weight excluding hydrogens is 424 g/mol. The minimum atomic E-state index is -0.730. The average Bonchev–Trinajstić information content (AvgIpc) is 3.52. The highest BCUT2D eigenvalue weighted by Gasteiger charge is 2.41. The van der Waals surface area contributed by atoms with Gasteiger partial charge < -0.3 is 14.8 Å². The zero-order chi connectivity index (χ0) is 23.2. The number of imidazole rings is 1. The summed E-state index contributed by atoms with van der Waals surface area (Å²) in [5.41, 5.74) is 1.12. The highest BCUT2D eigenvalue weighted by molar-refractivity contribution is 6.18. The molecule has 1 aliphatic carbocycles. The van der Waals surface area contributed by atoms with Gasteiger partial charge in [0.1, 0.15) is 0 Å². The first kappa shape index (κ1) is 24.8. The van der Waals surface area contributed by atoms with E-state index in [1.54, 1.807) is 6.20 Å². The summed E-state index contributed by atoms with van der Waals surface area (Å²) in [6, 6.07) is 8.17. The quantitative estimate of drug-likeness (QED) is 0.392. The van der Waals surface area contributed by atoms with Crippen LogP contribution < -0.4 is 0 Å². The fraction of sp³-hybridized carbons (Fsp3) is 0.615. The van der Waals surface area contributed by atoms with Gasteiger partial charge in [-0.1, -0.05) is 63.8 Å². The Morgan fingerprint density at radius 1 is 1.28 bits per heavy atom. The Hall–Kier alpha value is -1.85. The van der Waals surface area contributed by atoms with Crippen LogP contribution in [0.2, 0.25) is 0 Å². The SMILES string of the molecule is CCCCC(CC(C)(CO)CCl)(c1ccc(C(C(=O)O)C2CCCC2)cc1)n1ccnc1. The summed E-state index contributed by atoms with van der Waals surface area (Å²) in [5, 5.41) is 20.1. The van der Waals surface area contributed by atoms with Crippen molar-refractivity contribution in [3.05, 3.63) is 54.1 Å². The van der Waals surface area contributed by atoms with Gasteiger partial charge in [0, 0.05) is 30.3 Å². The van der Waals surface area contributed by atoms with Crippen LogP contribution in [-0.4, -0.2) is 38.2 Å². The van der Waals surface area contributed by atoms with E-state index in [2.05, 4.69) is 28.6 Å². The number of benzene rings is 1. The molecule has 0 saturated heterocycles. The monoisotopic (exact) mass is 460 g/mol. The fourth-order valence-electron chi connectivity index (χ4n) is 5.45. The summed E-state index contributed by atoms with van der Waals surface area (Å²) in [5.74, 6) is -0.611. The molecule has 1 saturated carbocycles. The molecule has 6 heteroatoms. The molecule has 176 valence electrons. The molecule has 3 atom stereocenters. The Morgan fingerprint density at radius 3 is 2.47 bits per heavy atom. The van der Waals surface area contributed by atoms with Crippen LogP contribution in [0.5, 0.6) is 0 Å². The Kier molecular flexibility index (Phi) is 8.40. The van der Waals surface area contributed by atoms with Crippen LogP contribution in [-0.2, 0) is 10.3 Å². The number of halogens is 1. The van der Waals surface area contributed by atoms with Crippen molar-refractivity contribution in [1.29, 1.82) is 0 Å². The zero-order valence-electron chi connectivity index (χ0n) is 19.3. The van der Waals surface area contributed by atoms with Crippen LogP contribution in [0, 0.1) is 11.3 Å². The first-order chi connectivity index (χ1) is 15.4. The van der Waals surface area contributed by atoms with Gasteiger partial charge >= 0.3 is 5.97 Å². The van der Waals surface area contributed by atoms with Crippen molar-refractivity contribution in [1.82, 2.24) is 9.55 Å². The number of nitrogens with zero attached hydrogens (tertiary/aromatic N) is 2. The number of rotatable bonds is 12. The Bertz CT molecular complexity index is 842. The van der Waals surface area contributed by atoms with Crippen molar-refractivity contribution in [3.63, 3.8) is 0 Å². The van der Waals surface area contributed by atoms with E-state index < -0.39 is 22.8 Å². The largest absolute Gasteiger partial charge is 0.481 e. The summed E-state index contributed by atoms with van der Waals surface area (Å²) in [4.78, 5) is 16.4. The Labute approximate surface area is 196 Å². The number of aliphatic carboxylic acids is 1. The van der Waals surface area contributed by atoms with Crippen molar-refractivity contribution in [2.24, 2.45) is 11.3 Å². The van der Waals surface area contributed by atoms with Gasteiger partial charge in [0.15, 0.2) is 0 Å². The molecule has 0 bridgehead atoms. The van der Waals surface area contributed by atoms with Crippen LogP contribution >= 0.6 is 11.6 Å². The Morgan fingerprint density at radius 2 is 1.97 bits per heavy atom. The van der Waals surface area contributed by atoms with E-state index in [1.807, 2.05) is 31.6 Å². The lowest BCUT2D eigenvalue weighted by Gasteiger charge is -2.42. The molecule has 0 radical (unpaired) electrons. The molecule has 1 heterocycles. The lowest BCUT2D eigenvalue weighted by Crippen LogP contribution is -2.42. The van der Waals surface area contributed by atoms with Crippen molar-refractivity contribution >= 4 is 17.6 Å².